The lowest BCUT2D eigenvalue weighted by molar-refractivity contribution is -0.124. The fourth-order valence-electron chi connectivity index (χ4n) is 3.62. The molecule has 0 aliphatic heterocycles. The number of nitrogens with one attached hydrogen (secondary N) is 1. The molecule has 128 valence electrons. The Bertz CT molecular complexity index is 678. The SMILES string of the molecule is COc1ccccc1C1(CNC(=O)[C@@H](C)n2cncn2)CCCC1. The van der Waals surface area contributed by atoms with E-state index in [4.69, 9.17) is 4.74 Å². The van der Waals surface area contributed by atoms with Crippen molar-refractivity contribution in [1.29, 1.82) is 0 Å². The third-order valence-corrected chi connectivity index (χ3v) is 5.05. The first-order chi connectivity index (χ1) is 11.7. The first-order valence-electron chi connectivity index (χ1n) is 8.42. The summed E-state index contributed by atoms with van der Waals surface area (Å²) in [6.07, 6.45) is 7.47. The summed E-state index contributed by atoms with van der Waals surface area (Å²) < 4.78 is 7.13. The van der Waals surface area contributed by atoms with Crippen molar-refractivity contribution in [3.63, 3.8) is 0 Å². The molecule has 1 aromatic heterocycles. The summed E-state index contributed by atoms with van der Waals surface area (Å²) in [5, 5.41) is 7.16. The van der Waals surface area contributed by atoms with E-state index in [2.05, 4.69) is 21.5 Å². The molecular formula is C18H24N4O2. The van der Waals surface area contributed by atoms with E-state index in [9.17, 15) is 4.79 Å². The van der Waals surface area contributed by atoms with Crippen LogP contribution in [-0.2, 0) is 10.2 Å². The molecule has 0 spiro atoms. The molecule has 1 amide bonds. The van der Waals surface area contributed by atoms with Crippen molar-refractivity contribution in [2.75, 3.05) is 13.7 Å². The van der Waals surface area contributed by atoms with Crippen molar-refractivity contribution in [3.05, 3.63) is 42.5 Å². The maximum absolute atomic E-state index is 12.5. The van der Waals surface area contributed by atoms with E-state index in [1.807, 2.05) is 25.1 Å². The third kappa shape index (κ3) is 3.13. The van der Waals surface area contributed by atoms with Crippen molar-refractivity contribution in [2.45, 2.75) is 44.1 Å². The van der Waals surface area contributed by atoms with Crippen LogP contribution in [-0.4, -0.2) is 34.3 Å². The molecule has 0 unspecified atom stereocenters. The quantitative estimate of drug-likeness (QED) is 0.884. The zero-order valence-electron chi connectivity index (χ0n) is 14.2. The van der Waals surface area contributed by atoms with Crippen LogP contribution in [0.5, 0.6) is 5.75 Å². The fourth-order valence-corrected chi connectivity index (χ4v) is 3.62. The summed E-state index contributed by atoms with van der Waals surface area (Å²) in [7, 11) is 1.70. The number of aromatic nitrogens is 3. The lowest BCUT2D eigenvalue weighted by Crippen LogP contribution is -2.41. The number of carbonyl (C=O) groups excluding carboxylic acids is 1. The van der Waals surface area contributed by atoms with Gasteiger partial charge in [0.05, 0.1) is 7.11 Å². The number of hydrogen-bond donors (Lipinski definition) is 1. The average molecular weight is 328 g/mol. The van der Waals surface area contributed by atoms with Gasteiger partial charge in [-0.3, -0.25) is 4.79 Å². The Morgan fingerprint density at radius 3 is 2.79 bits per heavy atom. The molecule has 6 heteroatoms. The van der Waals surface area contributed by atoms with Gasteiger partial charge < -0.3 is 10.1 Å². The van der Waals surface area contributed by atoms with Crippen LogP contribution in [0.4, 0.5) is 0 Å². The molecule has 6 nitrogen and oxygen atoms in total. The number of para-hydroxylation sites is 1. The van der Waals surface area contributed by atoms with Crippen LogP contribution in [0.2, 0.25) is 0 Å². The Kier molecular flexibility index (Phi) is 4.83. The molecule has 24 heavy (non-hydrogen) atoms. The van der Waals surface area contributed by atoms with Crippen LogP contribution in [0.1, 0.15) is 44.2 Å². The molecule has 1 aliphatic rings. The van der Waals surface area contributed by atoms with Crippen molar-refractivity contribution in [2.24, 2.45) is 0 Å². The van der Waals surface area contributed by atoms with Gasteiger partial charge in [0.25, 0.3) is 0 Å². The molecule has 1 saturated carbocycles. The summed E-state index contributed by atoms with van der Waals surface area (Å²) in [6, 6.07) is 7.77. The molecule has 1 atom stereocenters. The van der Waals surface area contributed by atoms with Crippen LogP contribution < -0.4 is 10.1 Å². The molecule has 0 saturated heterocycles. The molecule has 2 aromatic rings. The van der Waals surface area contributed by atoms with Crippen molar-refractivity contribution >= 4 is 5.91 Å². The van der Waals surface area contributed by atoms with Gasteiger partial charge in [-0.1, -0.05) is 31.0 Å². The monoisotopic (exact) mass is 328 g/mol. The summed E-state index contributed by atoms with van der Waals surface area (Å²) in [6.45, 7) is 2.44. The number of carbonyl (C=O) groups is 1. The van der Waals surface area contributed by atoms with Crippen molar-refractivity contribution in [3.8, 4) is 5.75 Å². The van der Waals surface area contributed by atoms with E-state index in [1.165, 1.54) is 24.7 Å². The summed E-state index contributed by atoms with van der Waals surface area (Å²) >= 11 is 0. The zero-order chi connectivity index (χ0) is 17.0. The minimum atomic E-state index is -0.372. The van der Waals surface area contributed by atoms with E-state index in [1.54, 1.807) is 18.1 Å². The molecular weight excluding hydrogens is 304 g/mol. The highest BCUT2D eigenvalue weighted by atomic mass is 16.5. The zero-order valence-corrected chi connectivity index (χ0v) is 14.2. The Morgan fingerprint density at radius 2 is 2.12 bits per heavy atom. The fraction of sp³-hybridized carbons (Fsp3) is 0.500. The molecule has 1 heterocycles. The van der Waals surface area contributed by atoms with E-state index in [-0.39, 0.29) is 17.4 Å². The molecule has 1 N–H and O–H groups in total. The van der Waals surface area contributed by atoms with Gasteiger partial charge in [0.15, 0.2) is 0 Å². The van der Waals surface area contributed by atoms with E-state index >= 15 is 0 Å². The standard InChI is InChI=1S/C18H24N4O2/c1-14(22-13-19-12-21-22)17(23)20-11-18(9-5-6-10-18)15-7-3-4-8-16(15)24-2/h3-4,7-8,12-14H,5-6,9-11H2,1-2H3,(H,20,23)/t14-/m1/s1. The third-order valence-electron chi connectivity index (χ3n) is 5.05. The second-order valence-corrected chi connectivity index (χ2v) is 6.46. The lowest BCUT2D eigenvalue weighted by Gasteiger charge is -2.31. The van der Waals surface area contributed by atoms with Gasteiger partial charge in [0.2, 0.25) is 5.91 Å². The highest BCUT2D eigenvalue weighted by molar-refractivity contribution is 5.79. The number of benzene rings is 1. The number of hydrogen-bond acceptors (Lipinski definition) is 4. The van der Waals surface area contributed by atoms with Crippen LogP contribution in [0, 0.1) is 0 Å². The van der Waals surface area contributed by atoms with Gasteiger partial charge in [-0.05, 0) is 25.8 Å². The van der Waals surface area contributed by atoms with Gasteiger partial charge >= 0.3 is 0 Å². The highest BCUT2D eigenvalue weighted by Crippen LogP contribution is 2.44. The van der Waals surface area contributed by atoms with Crippen LogP contribution in [0.15, 0.2) is 36.9 Å². The van der Waals surface area contributed by atoms with Crippen LogP contribution in [0.3, 0.4) is 0 Å². The lowest BCUT2D eigenvalue weighted by atomic mass is 9.78. The Balaban J connectivity index is 1.76. The van der Waals surface area contributed by atoms with Crippen molar-refractivity contribution < 1.29 is 9.53 Å². The van der Waals surface area contributed by atoms with E-state index in [0.29, 0.717) is 6.54 Å². The minimum absolute atomic E-state index is 0.0401. The summed E-state index contributed by atoms with van der Waals surface area (Å²) in [5.74, 6) is 0.861. The average Bonchev–Trinajstić information content (AvgIpc) is 3.31. The predicted molar refractivity (Wildman–Crippen MR) is 90.9 cm³/mol. The maximum atomic E-state index is 12.5. The molecule has 3 rings (SSSR count). The van der Waals surface area contributed by atoms with Gasteiger partial charge in [-0.15, -0.1) is 0 Å². The van der Waals surface area contributed by atoms with Gasteiger partial charge in [0, 0.05) is 17.5 Å². The molecule has 0 radical (unpaired) electrons. The van der Waals surface area contributed by atoms with E-state index in [0.717, 1.165) is 18.6 Å². The van der Waals surface area contributed by atoms with E-state index < -0.39 is 0 Å². The first-order valence-corrected chi connectivity index (χ1v) is 8.42. The first kappa shape index (κ1) is 16.5. The van der Waals surface area contributed by atoms with Gasteiger partial charge in [0.1, 0.15) is 24.4 Å². The largest absolute Gasteiger partial charge is 0.496 e. The Labute approximate surface area is 142 Å². The van der Waals surface area contributed by atoms with Gasteiger partial charge in [-0.25, -0.2) is 9.67 Å². The second kappa shape index (κ2) is 7.03. The smallest absolute Gasteiger partial charge is 0.244 e. The number of nitrogens with zero attached hydrogens (tertiary/aromatic N) is 3. The summed E-state index contributed by atoms with van der Waals surface area (Å²) in [5.41, 5.74) is 1.14. The number of ether oxygens (including phenoxy) is 1. The maximum Gasteiger partial charge on any atom is 0.244 e. The molecule has 1 aliphatic carbocycles. The van der Waals surface area contributed by atoms with Gasteiger partial charge in [-0.2, -0.15) is 5.10 Å². The van der Waals surface area contributed by atoms with Crippen LogP contribution >= 0.6 is 0 Å². The minimum Gasteiger partial charge on any atom is -0.496 e. The Hall–Kier alpha value is -2.37. The molecule has 0 bridgehead atoms. The highest BCUT2D eigenvalue weighted by Gasteiger charge is 2.38. The molecule has 1 fully saturated rings. The second-order valence-electron chi connectivity index (χ2n) is 6.46. The number of rotatable bonds is 6. The normalized spacial score (nSPS) is 17.4. The summed E-state index contributed by atoms with van der Waals surface area (Å²) in [4.78, 5) is 16.4. The number of amides is 1. The predicted octanol–water partition coefficient (Wildman–Crippen LogP) is 2.48. The number of methoxy groups -OCH3 is 1. The molecule has 1 aromatic carbocycles. The van der Waals surface area contributed by atoms with Crippen molar-refractivity contribution in [1.82, 2.24) is 20.1 Å². The van der Waals surface area contributed by atoms with Crippen LogP contribution in [0.25, 0.3) is 0 Å². The Morgan fingerprint density at radius 1 is 1.38 bits per heavy atom. The topological polar surface area (TPSA) is 69.0 Å².